The molecule has 0 unspecified atom stereocenters. The van der Waals surface area contributed by atoms with E-state index in [-0.39, 0.29) is 0 Å². The van der Waals surface area contributed by atoms with Gasteiger partial charge in [-0.1, -0.05) is 22.0 Å². The largest absolute Gasteiger partial charge is 0.326 e. The number of nitrogens with zero attached hydrogens (tertiary/aromatic N) is 1. The molecule has 1 saturated heterocycles. The summed E-state index contributed by atoms with van der Waals surface area (Å²) < 4.78 is 1.15. The molecule has 0 aliphatic carbocycles. The summed E-state index contributed by atoms with van der Waals surface area (Å²) in [5, 5.41) is 0. The zero-order valence-corrected chi connectivity index (χ0v) is 10.6. The van der Waals surface area contributed by atoms with Crippen LogP contribution in [0.4, 0.5) is 0 Å². The second-order valence-electron chi connectivity index (χ2n) is 4.35. The molecule has 1 aromatic rings. The average Bonchev–Trinajstić information content (AvgIpc) is 2.56. The van der Waals surface area contributed by atoms with Crippen LogP contribution in [0.3, 0.4) is 0 Å². The third-order valence-corrected chi connectivity index (χ3v) is 3.50. The van der Waals surface area contributed by atoms with E-state index in [1.54, 1.807) is 0 Å². The predicted octanol–water partition coefficient (Wildman–Crippen LogP) is 2.29. The first-order chi connectivity index (χ1) is 7.15. The van der Waals surface area contributed by atoms with E-state index in [1.807, 2.05) is 0 Å². The van der Waals surface area contributed by atoms with Crippen LogP contribution in [0.2, 0.25) is 0 Å². The maximum Gasteiger partial charge on any atom is 0.0237 e. The molecule has 2 rings (SSSR count). The fourth-order valence-corrected chi connectivity index (χ4v) is 2.56. The van der Waals surface area contributed by atoms with Crippen molar-refractivity contribution in [2.24, 2.45) is 5.73 Å². The van der Waals surface area contributed by atoms with Gasteiger partial charge in [0.1, 0.15) is 0 Å². The van der Waals surface area contributed by atoms with E-state index in [4.69, 9.17) is 5.73 Å². The van der Waals surface area contributed by atoms with Gasteiger partial charge < -0.3 is 5.73 Å². The highest BCUT2D eigenvalue weighted by Crippen LogP contribution is 2.19. The van der Waals surface area contributed by atoms with Crippen LogP contribution in [0.15, 0.2) is 22.7 Å². The lowest BCUT2D eigenvalue weighted by atomic mass is 10.1. The van der Waals surface area contributed by atoms with Crippen molar-refractivity contribution in [1.29, 1.82) is 0 Å². The summed E-state index contributed by atoms with van der Waals surface area (Å²) >= 11 is 3.48. The lowest BCUT2D eigenvalue weighted by molar-refractivity contribution is 0.326. The fraction of sp³-hybridized carbons (Fsp3) is 0.500. The van der Waals surface area contributed by atoms with Crippen LogP contribution in [0.25, 0.3) is 0 Å². The van der Waals surface area contributed by atoms with Crippen LogP contribution in [0.1, 0.15) is 17.5 Å². The number of rotatable bonds is 2. The summed E-state index contributed by atoms with van der Waals surface area (Å²) in [5.74, 6) is 0. The minimum Gasteiger partial charge on any atom is -0.326 e. The topological polar surface area (TPSA) is 29.3 Å². The van der Waals surface area contributed by atoms with Gasteiger partial charge in [0.2, 0.25) is 0 Å². The van der Waals surface area contributed by atoms with Crippen molar-refractivity contribution >= 4 is 15.9 Å². The summed E-state index contributed by atoms with van der Waals surface area (Å²) in [4.78, 5) is 2.43. The van der Waals surface area contributed by atoms with E-state index < -0.39 is 0 Å². The van der Waals surface area contributed by atoms with Crippen molar-refractivity contribution < 1.29 is 0 Å². The van der Waals surface area contributed by atoms with Gasteiger partial charge in [-0.3, -0.25) is 4.90 Å². The van der Waals surface area contributed by atoms with Gasteiger partial charge in [-0.2, -0.15) is 0 Å². The summed E-state index contributed by atoms with van der Waals surface area (Å²) in [6.45, 7) is 5.37. The molecule has 0 bridgehead atoms. The SMILES string of the molecule is Cc1cc(Br)ccc1CN1CC[C@@H](N)C1. The van der Waals surface area contributed by atoms with Gasteiger partial charge in [-0.05, 0) is 36.6 Å². The summed E-state index contributed by atoms with van der Waals surface area (Å²) in [5.41, 5.74) is 8.65. The Bertz CT molecular complexity index is 351. The van der Waals surface area contributed by atoms with Gasteiger partial charge in [0.25, 0.3) is 0 Å². The minimum atomic E-state index is 0.376. The monoisotopic (exact) mass is 268 g/mol. The Morgan fingerprint density at radius 1 is 1.53 bits per heavy atom. The smallest absolute Gasteiger partial charge is 0.0237 e. The van der Waals surface area contributed by atoms with Crippen LogP contribution in [-0.2, 0) is 6.54 Å². The van der Waals surface area contributed by atoms with Crippen LogP contribution in [0.5, 0.6) is 0 Å². The van der Waals surface area contributed by atoms with Crippen LogP contribution in [0, 0.1) is 6.92 Å². The number of likely N-dealkylation sites (tertiary alicyclic amines) is 1. The molecule has 2 nitrogen and oxygen atoms in total. The molecule has 1 heterocycles. The Morgan fingerprint density at radius 2 is 2.33 bits per heavy atom. The first-order valence-electron chi connectivity index (χ1n) is 5.38. The van der Waals surface area contributed by atoms with Gasteiger partial charge in [0.05, 0.1) is 0 Å². The van der Waals surface area contributed by atoms with Crippen LogP contribution in [-0.4, -0.2) is 24.0 Å². The summed E-state index contributed by atoms with van der Waals surface area (Å²) in [6.07, 6.45) is 1.13. The molecule has 0 aromatic heterocycles. The first-order valence-corrected chi connectivity index (χ1v) is 6.17. The fourth-order valence-electron chi connectivity index (χ4n) is 2.08. The maximum absolute atomic E-state index is 5.89. The van der Waals surface area contributed by atoms with E-state index in [1.165, 1.54) is 11.1 Å². The highest BCUT2D eigenvalue weighted by Gasteiger charge is 2.19. The zero-order valence-electron chi connectivity index (χ0n) is 9.04. The predicted molar refractivity (Wildman–Crippen MR) is 66.7 cm³/mol. The van der Waals surface area contributed by atoms with Gasteiger partial charge in [-0.15, -0.1) is 0 Å². The molecule has 0 radical (unpaired) electrons. The molecular formula is C12H17BrN2. The number of halogens is 1. The summed E-state index contributed by atoms with van der Waals surface area (Å²) in [6, 6.07) is 6.85. The van der Waals surface area contributed by atoms with Crippen LogP contribution >= 0.6 is 15.9 Å². The third-order valence-electron chi connectivity index (χ3n) is 3.01. The van der Waals surface area contributed by atoms with E-state index in [9.17, 15) is 0 Å². The lowest BCUT2D eigenvalue weighted by Gasteiger charge is -2.16. The zero-order chi connectivity index (χ0) is 10.8. The highest BCUT2D eigenvalue weighted by atomic mass is 79.9. The number of benzene rings is 1. The molecule has 82 valence electrons. The molecule has 0 saturated carbocycles. The number of hydrogen-bond donors (Lipinski definition) is 1. The van der Waals surface area contributed by atoms with Crippen molar-refractivity contribution in [3.63, 3.8) is 0 Å². The van der Waals surface area contributed by atoms with Gasteiger partial charge in [0, 0.05) is 30.1 Å². The maximum atomic E-state index is 5.89. The van der Waals surface area contributed by atoms with Gasteiger partial charge in [0.15, 0.2) is 0 Å². The second kappa shape index (κ2) is 4.64. The molecule has 15 heavy (non-hydrogen) atoms. The number of nitrogens with two attached hydrogens (primary N) is 1. The highest BCUT2D eigenvalue weighted by molar-refractivity contribution is 9.10. The molecule has 1 aliphatic heterocycles. The number of aryl methyl sites for hydroxylation is 1. The molecule has 1 aliphatic rings. The van der Waals surface area contributed by atoms with Crippen molar-refractivity contribution in [2.75, 3.05) is 13.1 Å². The second-order valence-corrected chi connectivity index (χ2v) is 5.27. The molecule has 2 N–H and O–H groups in total. The van der Waals surface area contributed by atoms with Crippen molar-refractivity contribution in [2.45, 2.75) is 25.9 Å². The third kappa shape index (κ3) is 2.80. The summed E-state index contributed by atoms with van der Waals surface area (Å²) in [7, 11) is 0. The molecule has 0 amide bonds. The lowest BCUT2D eigenvalue weighted by Crippen LogP contribution is -2.26. The molecule has 3 heteroatoms. The van der Waals surface area contributed by atoms with E-state index >= 15 is 0 Å². The Morgan fingerprint density at radius 3 is 2.93 bits per heavy atom. The average molecular weight is 269 g/mol. The number of hydrogen-bond acceptors (Lipinski definition) is 2. The normalized spacial score (nSPS) is 22.2. The molecule has 1 aromatic carbocycles. The van der Waals surface area contributed by atoms with E-state index in [0.29, 0.717) is 6.04 Å². The molecule has 1 atom stereocenters. The Labute approximate surface area is 99.6 Å². The quantitative estimate of drug-likeness (QED) is 0.892. The molecule has 1 fully saturated rings. The Hall–Kier alpha value is -0.380. The van der Waals surface area contributed by atoms with E-state index in [0.717, 1.165) is 30.5 Å². The molecule has 0 spiro atoms. The Balaban J connectivity index is 2.04. The van der Waals surface area contributed by atoms with Gasteiger partial charge in [-0.25, -0.2) is 0 Å². The minimum absolute atomic E-state index is 0.376. The molecular weight excluding hydrogens is 252 g/mol. The first kappa shape index (κ1) is 11.1. The standard InChI is InChI=1S/C12H17BrN2/c1-9-6-11(13)3-2-10(9)7-15-5-4-12(14)8-15/h2-3,6,12H,4-5,7-8,14H2,1H3/t12-/m1/s1. The van der Waals surface area contributed by atoms with Crippen molar-refractivity contribution in [3.8, 4) is 0 Å². The van der Waals surface area contributed by atoms with Crippen LogP contribution < -0.4 is 5.73 Å². The van der Waals surface area contributed by atoms with Crippen molar-refractivity contribution in [1.82, 2.24) is 4.90 Å². The Kier molecular flexibility index (Phi) is 3.44. The van der Waals surface area contributed by atoms with Crippen molar-refractivity contribution in [3.05, 3.63) is 33.8 Å². The van der Waals surface area contributed by atoms with E-state index in [2.05, 4.69) is 46.0 Å². The van der Waals surface area contributed by atoms with Gasteiger partial charge >= 0.3 is 0 Å².